The summed E-state index contributed by atoms with van der Waals surface area (Å²) in [5.74, 6) is 0.0608. The van der Waals surface area contributed by atoms with Gasteiger partial charge in [-0.2, -0.15) is 5.10 Å². The molecule has 0 spiro atoms. The summed E-state index contributed by atoms with van der Waals surface area (Å²) in [5, 5.41) is 10.2. The Morgan fingerprint density at radius 1 is 1.50 bits per heavy atom. The van der Waals surface area contributed by atoms with E-state index in [4.69, 9.17) is 0 Å². The number of rotatable bonds is 4. The minimum Gasteiger partial charge on any atom is -0.368 e. The molecule has 1 amide bonds. The Hall–Kier alpha value is -2.37. The van der Waals surface area contributed by atoms with Gasteiger partial charge in [-0.1, -0.05) is 0 Å². The number of carbonyl (C=O) groups is 1. The number of H-pyrrole nitrogens is 1. The van der Waals surface area contributed by atoms with Crippen LogP contribution < -0.4 is 10.2 Å². The van der Waals surface area contributed by atoms with Gasteiger partial charge in [0.2, 0.25) is 5.91 Å². The number of amides is 1. The Morgan fingerprint density at radius 2 is 2.36 bits per heavy atom. The molecule has 0 aromatic carbocycles. The molecule has 6 nitrogen and oxygen atoms in total. The molecular formula is C16H21N5O. The normalized spacial score (nSPS) is 17.7. The van der Waals surface area contributed by atoms with Crippen LogP contribution >= 0.6 is 0 Å². The second-order valence-corrected chi connectivity index (χ2v) is 5.80. The van der Waals surface area contributed by atoms with Crippen LogP contribution in [0.4, 0.5) is 5.69 Å². The number of pyridine rings is 1. The van der Waals surface area contributed by atoms with Crippen LogP contribution in [0, 0.1) is 13.8 Å². The van der Waals surface area contributed by atoms with Crippen LogP contribution in [0.1, 0.15) is 23.4 Å². The SMILES string of the molecule is Cc1n[nH]c(C)c1CC(=O)NC1CCN(c2cccnc2)C1. The molecule has 1 atom stereocenters. The fourth-order valence-corrected chi connectivity index (χ4v) is 2.93. The number of aromatic nitrogens is 3. The highest BCUT2D eigenvalue weighted by molar-refractivity contribution is 5.79. The molecule has 22 heavy (non-hydrogen) atoms. The third-order valence-electron chi connectivity index (χ3n) is 4.18. The largest absolute Gasteiger partial charge is 0.368 e. The summed E-state index contributed by atoms with van der Waals surface area (Å²) >= 11 is 0. The number of aromatic amines is 1. The first kappa shape index (κ1) is 14.6. The van der Waals surface area contributed by atoms with Gasteiger partial charge in [-0.05, 0) is 32.4 Å². The fraction of sp³-hybridized carbons (Fsp3) is 0.438. The highest BCUT2D eigenvalue weighted by atomic mass is 16.1. The molecule has 1 aliphatic rings. The van der Waals surface area contributed by atoms with Gasteiger partial charge in [0.25, 0.3) is 0 Å². The summed E-state index contributed by atoms with van der Waals surface area (Å²) in [7, 11) is 0. The molecule has 1 aliphatic heterocycles. The van der Waals surface area contributed by atoms with Crippen molar-refractivity contribution < 1.29 is 4.79 Å². The van der Waals surface area contributed by atoms with Crippen LogP contribution in [0.25, 0.3) is 0 Å². The van der Waals surface area contributed by atoms with E-state index in [1.807, 2.05) is 26.1 Å². The second-order valence-electron chi connectivity index (χ2n) is 5.80. The molecule has 6 heteroatoms. The van der Waals surface area contributed by atoms with E-state index in [0.29, 0.717) is 6.42 Å². The van der Waals surface area contributed by atoms with E-state index in [2.05, 4.69) is 31.5 Å². The molecule has 0 bridgehead atoms. The van der Waals surface area contributed by atoms with Crippen molar-refractivity contribution in [3.8, 4) is 0 Å². The Labute approximate surface area is 129 Å². The van der Waals surface area contributed by atoms with Gasteiger partial charge in [0.1, 0.15) is 0 Å². The zero-order valence-corrected chi connectivity index (χ0v) is 13.0. The van der Waals surface area contributed by atoms with E-state index in [9.17, 15) is 4.79 Å². The van der Waals surface area contributed by atoms with Crippen molar-refractivity contribution >= 4 is 11.6 Å². The lowest BCUT2D eigenvalue weighted by molar-refractivity contribution is -0.121. The summed E-state index contributed by atoms with van der Waals surface area (Å²) < 4.78 is 0. The van der Waals surface area contributed by atoms with Gasteiger partial charge in [0, 0.05) is 36.6 Å². The Kier molecular flexibility index (Phi) is 4.09. The molecule has 0 aliphatic carbocycles. The summed E-state index contributed by atoms with van der Waals surface area (Å²) in [6.45, 7) is 5.65. The lowest BCUT2D eigenvalue weighted by atomic mass is 10.1. The number of hydrogen-bond acceptors (Lipinski definition) is 4. The number of aryl methyl sites for hydroxylation is 2. The maximum atomic E-state index is 12.2. The van der Waals surface area contributed by atoms with E-state index in [-0.39, 0.29) is 11.9 Å². The Morgan fingerprint density at radius 3 is 3.05 bits per heavy atom. The summed E-state index contributed by atoms with van der Waals surface area (Å²) in [6.07, 6.45) is 4.98. The van der Waals surface area contributed by atoms with E-state index >= 15 is 0 Å². The molecule has 1 fully saturated rings. The standard InChI is InChI=1S/C16H21N5O/c1-11-15(12(2)20-19-11)8-16(22)18-13-5-7-21(10-13)14-4-3-6-17-9-14/h3-4,6,9,13H,5,7-8,10H2,1-2H3,(H,18,22)(H,19,20). The molecule has 116 valence electrons. The lowest BCUT2D eigenvalue weighted by Crippen LogP contribution is -2.38. The molecular weight excluding hydrogens is 278 g/mol. The fourth-order valence-electron chi connectivity index (χ4n) is 2.93. The molecule has 2 N–H and O–H groups in total. The maximum absolute atomic E-state index is 12.2. The first-order chi connectivity index (χ1) is 10.6. The molecule has 0 radical (unpaired) electrons. The van der Waals surface area contributed by atoms with Gasteiger partial charge in [-0.3, -0.25) is 14.9 Å². The third kappa shape index (κ3) is 3.10. The van der Waals surface area contributed by atoms with Crippen molar-refractivity contribution in [2.75, 3.05) is 18.0 Å². The van der Waals surface area contributed by atoms with Crippen LogP contribution in [-0.2, 0) is 11.2 Å². The van der Waals surface area contributed by atoms with Gasteiger partial charge >= 0.3 is 0 Å². The van der Waals surface area contributed by atoms with Gasteiger partial charge in [-0.15, -0.1) is 0 Å². The molecule has 2 aromatic rings. The molecule has 2 aromatic heterocycles. The maximum Gasteiger partial charge on any atom is 0.224 e. The van der Waals surface area contributed by atoms with Gasteiger partial charge in [0.15, 0.2) is 0 Å². The predicted octanol–water partition coefficient (Wildman–Crippen LogP) is 1.36. The number of carbonyl (C=O) groups excluding carboxylic acids is 1. The minimum absolute atomic E-state index is 0.0608. The molecule has 3 heterocycles. The lowest BCUT2D eigenvalue weighted by Gasteiger charge is -2.18. The summed E-state index contributed by atoms with van der Waals surface area (Å²) in [6, 6.07) is 4.18. The van der Waals surface area contributed by atoms with Gasteiger partial charge < -0.3 is 10.2 Å². The van der Waals surface area contributed by atoms with E-state index in [0.717, 1.165) is 42.1 Å². The number of nitrogens with one attached hydrogen (secondary N) is 2. The monoisotopic (exact) mass is 299 g/mol. The number of hydrogen-bond donors (Lipinski definition) is 2. The van der Waals surface area contributed by atoms with Crippen molar-refractivity contribution in [3.63, 3.8) is 0 Å². The molecule has 0 saturated carbocycles. The van der Waals surface area contributed by atoms with Gasteiger partial charge in [-0.25, -0.2) is 0 Å². The van der Waals surface area contributed by atoms with E-state index in [1.165, 1.54) is 0 Å². The van der Waals surface area contributed by atoms with Crippen molar-refractivity contribution in [2.24, 2.45) is 0 Å². The smallest absolute Gasteiger partial charge is 0.224 e. The van der Waals surface area contributed by atoms with Crippen LogP contribution in [0.15, 0.2) is 24.5 Å². The number of nitrogens with zero attached hydrogens (tertiary/aromatic N) is 3. The first-order valence-electron chi connectivity index (χ1n) is 7.58. The van der Waals surface area contributed by atoms with Crippen LogP contribution in [0.3, 0.4) is 0 Å². The highest BCUT2D eigenvalue weighted by Crippen LogP contribution is 2.19. The van der Waals surface area contributed by atoms with Crippen molar-refractivity contribution in [3.05, 3.63) is 41.5 Å². The zero-order valence-electron chi connectivity index (χ0n) is 13.0. The molecule has 1 saturated heterocycles. The Bertz CT molecular complexity index is 632. The summed E-state index contributed by atoms with van der Waals surface area (Å²) in [5.41, 5.74) is 3.98. The van der Waals surface area contributed by atoms with Gasteiger partial charge in [0.05, 0.1) is 24.0 Å². The third-order valence-corrected chi connectivity index (χ3v) is 4.18. The highest BCUT2D eigenvalue weighted by Gasteiger charge is 2.24. The van der Waals surface area contributed by atoms with Crippen molar-refractivity contribution in [1.29, 1.82) is 0 Å². The van der Waals surface area contributed by atoms with E-state index < -0.39 is 0 Å². The average molecular weight is 299 g/mol. The second kappa shape index (κ2) is 6.17. The Balaban J connectivity index is 1.55. The minimum atomic E-state index is 0.0608. The topological polar surface area (TPSA) is 73.9 Å². The quantitative estimate of drug-likeness (QED) is 0.894. The van der Waals surface area contributed by atoms with Crippen LogP contribution in [0.5, 0.6) is 0 Å². The van der Waals surface area contributed by atoms with Crippen molar-refractivity contribution in [2.45, 2.75) is 32.7 Å². The van der Waals surface area contributed by atoms with E-state index in [1.54, 1.807) is 6.20 Å². The molecule has 3 rings (SSSR count). The van der Waals surface area contributed by atoms with Crippen molar-refractivity contribution in [1.82, 2.24) is 20.5 Å². The molecule has 1 unspecified atom stereocenters. The summed E-state index contributed by atoms with van der Waals surface area (Å²) in [4.78, 5) is 18.6. The average Bonchev–Trinajstić information content (AvgIpc) is 3.10. The number of anilines is 1. The zero-order chi connectivity index (χ0) is 15.5. The predicted molar refractivity (Wildman–Crippen MR) is 84.8 cm³/mol. The first-order valence-corrected chi connectivity index (χ1v) is 7.58. The van der Waals surface area contributed by atoms with Crippen LogP contribution in [0.2, 0.25) is 0 Å². The van der Waals surface area contributed by atoms with Crippen LogP contribution in [-0.4, -0.2) is 40.2 Å².